The summed E-state index contributed by atoms with van der Waals surface area (Å²) in [4.78, 5) is 3.96. The molecule has 46 valence electrons. The fraction of sp³-hybridized carbons (Fsp3) is 0.800. The largest absolute Gasteiger partial charge is 0.312 e. The fourth-order valence-electron chi connectivity index (χ4n) is 0.525. The zero-order chi connectivity index (χ0) is 6.20. The van der Waals surface area contributed by atoms with Gasteiger partial charge in [0.15, 0.2) is 0 Å². The number of rotatable bonds is 0. The van der Waals surface area contributed by atoms with Gasteiger partial charge in [-0.25, -0.2) is 0 Å². The first-order chi connectivity index (χ1) is 3.63. The highest BCUT2D eigenvalue weighted by Gasteiger charge is 2.26. The predicted molar refractivity (Wildman–Crippen MR) is 38.2 cm³/mol. The normalized spacial score (nSPS) is 37.6. The third-order valence-corrected chi connectivity index (χ3v) is 2.54. The van der Waals surface area contributed by atoms with Gasteiger partial charge in [-0.3, -0.25) is 4.99 Å². The van der Waals surface area contributed by atoms with Crippen LogP contribution in [0.5, 0.6) is 0 Å². The van der Waals surface area contributed by atoms with Gasteiger partial charge in [-0.1, -0.05) is 0 Å². The van der Waals surface area contributed by atoms with Crippen LogP contribution in [0.2, 0.25) is 0 Å². The Morgan fingerprint density at radius 3 is 2.62 bits per heavy atom. The Balaban J connectivity index is 2.73. The van der Waals surface area contributed by atoms with Gasteiger partial charge in [0.05, 0.1) is 10.7 Å². The minimum Gasteiger partial charge on any atom is -0.312 e. The minimum atomic E-state index is -0.181. The van der Waals surface area contributed by atoms with Crippen molar-refractivity contribution in [1.82, 2.24) is 0 Å². The third-order valence-electron chi connectivity index (χ3n) is 1.38. The molecule has 0 fully saturated rings. The Labute approximate surface area is 53.6 Å². The highest BCUT2D eigenvalue weighted by atomic mass is 32.2. The van der Waals surface area contributed by atoms with Crippen LogP contribution in [-0.4, -0.2) is 16.5 Å². The number of nitrogens with two attached hydrogens (primary N) is 1. The molecule has 8 heavy (non-hydrogen) atoms. The van der Waals surface area contributed by atoms with Crippen molar-refractivity contribution in [3.8, 4) is 0 Å². The van der Waals surface area contributed by atoms with Crippen molar-refractivity contribution in [1.29, 1.82) is 0 Å². The molecule has 0 radical (unpaired) electrons. The van der Waals surface area contributed by atoms with Crippen LogP contribution in [0.4, 0.5) is 0 Å². The maximum absolute atomic E-state index is 5.75. The number of hydrogen-bond donors (Lipinski definition) is 1. The molecule has 3 heteroatoms. The molecule has 0 bridgehead atoms. The Bertz CT molecular complexity index is 128. The van der Waals surface area contributed by atoms with E-state index in [0.29, 0.717) is 0 Å². The van der Waals surface area contributed by atoms with E-state index in [1.54, 1.807) is 11.8 Å². The molecular weight excluding hydrogens is 120 g/mol. The average molecular weight is 130 g/mol. The summed E-state index contributed by atoms with van der Waals surface area (Å²) in [5, 5.41) is 0. The van der Waals surface area contributed by atoms with Crippen LogP contribution in [0.25, 0.3) is 0 Å². The molecule has 1 unspecified atom stereocenters. The average Bonchev–Trinajstić information content (AvgIpc) is 1.86. The molecule has 0 saturated heterocycles. The molecule has 0 saturated carbocycles. The zero-order valence-corrected chi connectivity index (χ0v) is 5.96. The Morgan fingerprint density at radius 1 is 1.88 bits per heavy atom. The lowest BCUT2D eigenvalue weighted by molar-refractivity contribution is 0.904. The summed E-state index contributed by atoms with van der Waals surface area (Å²) in [6.45, 7) is 3.96. The Hall–Kier alpha value is -0.0200. The summed E-state index contributed by atoms with van der Waals surface area (Å²) in [7, 11) is 0. The monoisotopic (exact) mass is 130 g/mol. The molecule has 1 atom stereocenters. The molecule has 0 aromatic rings. The summed E-state index contributed by atoms with van der Waals surface area (Å²) < 4.78 is 0. The minimum absolute atomic E-state index is 0.181. The fourth-order valence-corrected chi connectivity index (χ4v) is 1.32. The van der Waals surface area contributed by atoms with Gasteiger partial charge in [0, 0.05) is 5.71 Å². The van der Waals surface area contributed by atoms with Crippen molar-refractivity contribution in [3.63, 3.8) is 0 Å². The van der Waals surface area contributed by atoms with Gasteiger partial charge >= 0.3 is 0 Å². The van der Waals surface area contributed by atoms with E-state index in [1.807, 2.05) is 13.8 Å². The predicted octanol–water partition coefficient (Wildman–Crippen LogP) is 0.827. The highest BCUT2D eigenvalue weighted by molar-refractivity contribution is 8.01. The van der Waals surface area contributed by atoms with Crippen molar-refractivity contribution in [2.45, 2.75) is 18.7 Å². The smallest absolute Gasteiger partial charge is 0.0991 e. The standard InChI is InChI=1S/C5H10N2S/c1-4-5(2,6)8-3-7-4/h3,6H2,1-2H3. The molecule has 1 rings (SSSR count). The van der Waals surface area contributed by atoms with E-state index >= 15 is 0 Å². The molecule has 0 aromatic heterocycles. The van der Waals surface area contributed by atoms with E-state index in [0.717, 1.165) is 11.6 Å². The molecule has 0 spiro atoms. The maximum Gasteiger partial charge on any atom is 0.0991 e. The molecule has 1 aliphatic rings. The Morgan fingerprint density at radius 2 is 2.50 bits per heavy atom. The Kier molecular flexibility index (Phi) is 1.33. The lowest BCUT2D eigenvalue weighted by Crippen LogP contribution is -2.36. The van der Waals surface area contributed by atoms with Gasteiger partial charge in [-0.2, -0.15) is 0 Å². The summed E-state index contributed by atoms with van der Waals surface area (Å²) >= 11 is 1.68. The van der Waals surface area contributed by atoms with Crippen LogP contribution >= 0.6 is 11.8 Å². The molecule has 1 heterocycles. The van der Waals surface area contributed by atoms with Crippen molar-refractivity contribution in [2.75, 3.05) is 5.88 Å². The summed E-state index contributed by atoms with van der Waals surface area (Å²) in [6.07, 6.45) is 0. The molecule has 0 aliphatic carbocycles. The summed E-state index contributed by atoms with van der Waals surface area (Å²) in [6, 6.07) is 0. The van der Waals surface area contributed by atoms with E-state index in [1.165, 1.54) is 0 Å². The van der Waals surface area contributed by atoms with E-state index in [4.69, 9.17) is 5.73 Å². The van der Waals surface area contributed by atoms with Gasteiger partial charge in [0.2, 0.25) is 0 Å². The lowest BCUT2D eigenvalue weighted by Gasteiger charge is -2.15. The summed E-state index contributed by atoms with van der Waals surface area (Å²) in [5.41, 5.74) is 6.81. The van der Waals surface area contributed by atoms with Gasteiger partial charge in [-0.05, 0) is 13.8 Å². The van der Waals surface area contributed by atoms with Crippen LogP contribution in [0.1, 0.15) is 13.8 Å². The van der Waals surface area contributed by atoms with Gasteiger partial charge < -0.3 is 5.73 Å². The SMILES string of the molecule is CC1=NCSC1(C)N. The van der Waals surface area contributed by atoms with Crippen LogP contribution in [0.3, 0.4) is 0 Å². The van der Waals surface area contributed by atoms with E-state index < -0.39 is 0 Å². The van der Waals surface area contributed by atoms with E-state index in [2.05, 4.69) is 4.99 Å². The number of hydrogen-bond acceptors (Lipinski definition) is 3. The van der Waals surface area contributed by atoms with Crippen LogP contribution < -0.4 is 5.73 Å². The van der Waals surface area contributed by atoms with Gasteiger partial charge in [-0.15, -0.1) is 11.8 Å². The second-order valence-electron chi connectivity index (χ2n) is 2.12. The maximum atomic E-state index is 5.75. The topological polar surface area (TPSA) is 38.4 Å². The first kappa shape index (κ1) is 6.11. The van der Waals surface area contributed by atoms with E-state index in [9.17, 15) is 0 Å². The van der Waals surface area contributed by atoms with Crippen molar-refractivity contribution < 1.29 is 0 Å². The molecule has 2 nitrogen and oxygen atoms in total. The van der Waals surface area contributed by atoms with Crippen molar-refractivity contribution in [2.24, 2.45) is 10.7 Å². The quantitative estimate of drug-likeness (QED) is 0.527. The van der Waals surface area contributed by atoms with E-state index in [-0.39, 0.29) is 4.87 Å². The molecule has 1 aliphatic heterocycles. The molecule has 2 N–H and O–H groups in total. The zero-order valence-electron chi connectivity index (χ0n) is 5.14. The van der Waals surface area contributed by atoms with Crippen molar-refractivity contribution in [3.05, 3.63) is 0 Å². The van der Waals surface area contributed by atoms with Gasteiger partial charge in [0.25, 0.3) is 0 Å². The highest BCUT2D eigenvalue weighted by Crippen LogP contribution is 2.26. The van der Waals surface area contributed by atoms with Crippen LogP contribution in [0.15, 0.2) is 4.99 Å². The molecular formula is C5H10N2S. The first-order valence-corrected chi connectivity index (χ1v) is 3.56. The van der Waals surface area contributed by atoms with Crippen LogP contribution in [-0.2, 0) is 0 Å². The lowest BCUT2D eigenvalue weighted by atomic mass is 10.2. The number of nitrogens with zero attached hydrogens (tertiary/aromatic N) is 1. The van der Waals surface area contributed by atoms with Crippen LogP contribution in [0, 0.1) is 0 Å². The van der Waals surface area contributed by atoms with Gasteiger partial charge in [0.1, 0.15) is 0 Å². The summed E-state index contributed by atoms with van der Waals surface area (Å²) in [5.74, 6) is 0.832. The van der Waals surface area contributed by atoms with Crippen molar-refractivity contribution >= 4 is 17.5 Å². The first-order valence-electron chi connectivity index (χ1n) is 2.57. The molecule has 0 aromatic carbocycles. The number of thioether (sulfide) groups is 1. The second-order valence-corrected chi connectivity index (χ2v) is 3.52. The third kappa shape index (κ3) is 0.880. The number of aliphatic imine (C=N–C) groups is 1. The second kappa shape index (κ2) is 1.74. The molecule has 0 amide bonds.